The second-order valence-corrected chi connectivity index (χ2v) is 17.4. The zero-order valence-corrected chi connectivity index (χ0v) is 24.2. The van der Waals surface area contributed by atoms with Gasteiger partial charge in [-0.2, -0.15) is 0 Å². The summed E-state index contributed by atoms with van der Waals surface area (Å²) in [4.78, 5) is 15.5. The van der Waals surface area contributed by atoms with E-state index >= 15 is 0 Å². The van der Waals surface area contributed by atoms with Crippen LogP contribution in [0.3, 0.4) is 0 Å². The lowest BCUT2D eigenvalue weighted by Crippen LogP contribution is -2.45. The van der Waals surface area contributed by atoms with Crippen molar-refractivity contribution in [3.05, 3.63) is 73.9 Å². The Hall–Kier alpha value is -1.31. The number of halogens is 3. The molecule has 0 saturated carbocycles. The summed E-state index contributed by atoms with van der Waals surface area (Å²) < 4.78 is 7.70. The van der Waals surface area contributed by atoms with Crippen molar-refractivity contribution in [1.82, 2.24) is 4.90 Å². The lowest BCUT2D eigenvalue weighted by molar-refractivity contribution is -0.126. The summed E-state index contributed by atoms with van der Waals surface area (Å²) in [7, 11) is -2.07. The second-order valence-electron chi connectivity index (χ2n) is 10.8. The van der Waals surface area contributed by atoms with E-state index in [0.717, 1.165) is 10.0 Å². The van der Waals surface area contributed by atoms with Gasteiger partial charge in [0.15, 0.2) is 8.32 Å². The molecule has 2 aromatic carbocycles. The summed E-state index contributed by atoms with van der Waals surface area (Å²) >= 11 is 15.9. The van der Waals surface area contributed by atoms with E-state index in [4.69, 9.17) is 27.6 Å². The van der Waals surface area contributed by atoms with Gasteiger partial charge in [-0.15, -0.1) is 0 Å². The molecule has 2 atom stereocenters. The predicted molar refractivity (Wildman–Crippen MR) is 145 cm³/mol. The molecule has 2 aliphatic heterocycles. The number of carbonyl (C=O) groups excluding carboxylic acids is 1. The molecule has 0 unspecified atom stereocenters. The van der Waals surface area contributed by atoms with Crippen LogP contribution in [0.15, 0.2) is 52.7 Å². The molecule has 0 radical (unpaired) electrons. The van der Waals surface area contributed by atoms with Crippen molar-refractivity contribution >= 4 is 58.9 Å². The monoisotopic (exact) mass is 581 g/mol. The average molecular weight is 583 g/mol. The third kappa shape index (κ3) is 4.60. The highest BCUT2D eigenvalue weighted by atomic mass is 79.9. The van der Waals surface area contributed by atoms with Gasteiger partial charge in [0.05, 0.1) is 11.7 Å². The molecule has 2 heterocycles. The summed E-state index contributed by atoms with van der Waals surface area (Å²) in [5.74, 6) is -0.144. The minimum absolute atomic E-state index is 0.0451. The number of rotatable bonds is 5. The second kappa shape index (κ2) is 8.97. The van der Waals surface area contributed by atoms with E-state index in [1.807, 2.05) is 24.3 Å². The van der Waals surface area contributed by atoms with Crippen LogP contribution in [0.25, 0.3) is 5.57 Å². The van der Waals surface area contributed by atoms with Crippen LogP contribution >= 0.6 is 39.1 Å². The van der Waals surface area contributed by atoms with Crippen LogP contribution in [0.4, 0.5) is 0 Å². The standard InChI is InChI=1S/C26H30BrCl2NO3Si/c1-25(2,3)34(4,5)33-21-14-26(13-16-6-8-18(27)9-7-16)23(31)22(24(32)30(26)15-21)17-10-19(28)12-20(29)11-17/h6-12,21,31H,13-15H2,1-5H3/t21-,26+/m1/s1. The Kier molecular flexibility index (Phi) is 6.80. The molecule has 4 nitrogen and oxygen atoms in total. The Morgan fingerprint density at radius 2 is 1.74 bits per heavy atom. The molecule has 1 fully saturated rings. The fraction of sp³-hybridized carbons (Fsp3) is 0.423. The van der Waals surface area contributed by atoms with Crippen molar-refractivity contribution < 1.29 is 14.3 Å². The molecule has 0 bridgehead atoms. The minimum Gasteiger partial charge on any atom is -0.509 e. The number of fused-ring (bicyclic) bond motifs is 1. The molecule has 0 aliphatic carbocycles. The average Bonchev–Trinajstić information content (AvgIpc) is 3.14. The molecule has 1 amide bonds. The number of nitrogens with zero attached hydrogens (tertiary/aromatic N) is 1. The lowest BCUT2D eigenvalue weighted by Gasteiger charge is -2.38. The summed E-state index contributed by atoms with van der Waals surface area (Å²) in [6.45, 7) is 11.5. The van der Waals surface area contributed by atoms with Gasteiger partial charge in [-0.3, -0.25) is 4.79 Å². The first-order chi connectivity index (χ1) is 15.7. The Balaban J connectivity index is 1.78. The van der Waals surface area contributed by atoms with Gasteiger partial charge in [0.1, 0.15) is 11.3 Å². The minimum atomic E-state index is -2.07. The number of aliphatic hydroxyl groups is 1. The van der Waals surface area contributed by atoms with E-state index in [1.54, 1.807) is 23.1 Å². The van der Waals surface area contributed by atoms with E-state index in [2.05, 4.69) is 49.8 Å². The summed E-state index contributed by atoms with van der Waals surface area (Å²) in [5, 5.41) is 12.6. The maximum Gasteiger partial charge on any atom is 0.258 e. The smallest absolute Gasteiger partial charge is 0.258 e. The van der Waals surface area contributed by atoms with Crippen molar-refractivity contribution in [3.8, 4) is 0 Å². The van der Waals surface area contributed by atoms with Crippen LogP contribution in [-0.4, -0.2) is 42.4 Å². The van der Waals surface area contributed by atoms with Gasteiger partial charge in [-0.1, -0.05) is 72.0 Å². The van der Waals surface area contributed by atoms with Crippen LogP contribution in [-0.2, 0) is 15.6 Å². The zero-order valence-electron chi connectivity index (χ0n) is 20.1. The third-order valence-electron chi connectivity index (χ3n) is 7.43. The van der Waals surface area contributed by atoms with Gasteiger partial charge in [0.25, 0.3) is 5.91 Å². The quantitative estimate of drug-likeness (QED) is 0.368. The van der Waals surface area contributed by atoms with Crippen LogP contribution in [0.2, 0.25) is 28.2 Å². The third-order valence-corrected chi connectivity index (χ3v) is 12.9. The maximum absolute atomic E-state index is 13.7. The first-order valence-corrected chi connectivity index (χ1v) is 15.8. The van der Waals surface area contributed by atoms with Crippen molar-refractivity contribution in [1.29, 1.82) is 0 Å². The Bertz CT molecular complexity index is 1140. The molecule has 2 aliphatic rings. The Morgan fingerprint density at radius 1 is 1.15 bits per heavy atom. The van der Waals surface area contributed by atoms with E-state index in [9.17, 15) is 9.90 Å². The maximum atomic E-state index is 13.7. The predicted octanol–water partition coefficient (Wildman–Crippen LogP) is 7.64. The highest BCUT2D eigenvalue weighted by molar-refractivity contribution is 9.10. The summed E-state index contributed by atoms with van der Waals surface area (Å²) in [6.07, 6.45) is 0.879. The molecule has 182 valence electrons. The van der Waals surface area contributed by atoms with Gasteiger partial charge < -0.3 is 14.4 Å². The molecule has 1 N–H and O–H groups in total. The number of hydrogen-bond acceptors (Lipinski definition) is 3. The summed E-state index contributed by atoms with van der Waals surface area (Å²) in [5.41, 5.74) is 0.965. The SMILES string of the molecule is CC(C)(C)[Si](C)(C)O[C@H]1CN2C(=O)C(c3cc(Cl)cc(Cl)c3)=C(O)[C@]2(Cc2ccc(Br)cc2)C1. The molecular weight excluding hydrogens is 553 g/mol. The van der Waals surface area contributed by atoms with Crippen LogP contribution in [0.1, 0.15) is 38.3 Å². The van der Waals surface area contributed by atoms with Gasteiger partial charge in [-0.25, -0.2) is 0 Å². The van der Waals surface area contributed by atoms with Crippen molar-refractivity contribution in [3.63, 3.8) is 0 Å². The van der Waals surface area contributed by atoms with E-state index in [1.165, 1.54) is 0 Å². The van der Waals surface area contributed by atoms with E-state index < -0.39 is 13.9 Å². The molecule has 0 spiro atoms. The molecule has 8 heteroatoms. The highest BCUT2D eigenvalue weighted by Crippen LogP contribution is 2.50. The fourth-order valence-corrected chi connectivity index (χ4v) is 6.86. The Morgan fingerprint density at radius 3 is 2.29 bits per heavy atom. The highest BCUT2D eigenvalue weighted by Gasteiger charge is 2.59. The number of amides is 1. The first kappa shape index (κ1) is 25.8. The van der Waals surface area contributed by atoms with Crippen molar-refractivity contribution in [2.24, 2.45) is 0 Å². The van der Waals surface area contributed by atoms with Crippen LogP contribution in [0, 0.1) is 0 Å². The zero-order chi connectivity index (χ0) is 25.1. The Labute approximate surface area is 221 Å². The molecule has 2 aromatic rings. The van der Waals surface area contributed by atoms with Gasteiger partial charge in [-0.05, 0) is 59.6 Å². The van der Waals surface area contributed by atoms with E-state index in [0.29, 0.717) is 35.0 Å². The van der Waals surface area contributed by atoms with Crippen molar-refractivity contribution in [2.75, 3.05) is 6.54 Å². The van der Waals surface area contributed by atoms with Gasteiger partial charge >= 0.3 is 0 Å². The lowest BCUT2D eigenvalue weighted by atomic mass is 9.85. The van der Waals surface area contributed by atoms with E-state index in [-0.39, 0.29) is 28.4 Å². The number of benzene rings is 2. The normalized spacial score (nSPS) is 23.1. The van der Waals surface area contributed by atoms with Crippen molar-refractivity contribution in [2.45, 2.75) is 63.4 Å². The number of hydrogen-bond donors (Lipinski definition) is 1. The molecular formula is C26H30BrCl2NO3Si. The molecule has 1 saturated heterocycles. The number of aliphatic hydroxyl groups excluding tert-OH is 1. The summed E-state index contributed by atoms with van der Waals surface area (Å²) in [6, 6.07) is 13.0. The van der Waals surface area contributed by atoms with Gasteiger partial charge in [0.2, 0.25) is 0 Å². The van der Waals surface area contributed by atoms with Crippen LogP contribution in [0.5, 0.6) is 0 Å². The molecule has 34 heavy (non-hydrogen) atoms. The fourth-order valence-electron chi connectivity index (χ4n) is 4.72. The first-order valence-electron chi connectivity index (χ1n) is 11.4. The molecule has 0 aromatic heterocycles. The van der Waals surface area contributed by atoms with Crippen LogP contribution < -0.4 is 0 Å². The number of carbonyl (C=O) groups is 1. The topological polar surface area (TPSA) is 49.8 Å². The molecule has 4 rings (SSSR count). The largest absolute Gasteiger partial charge is 0.509 e. The van der Waals surface area contributed by atoms with Gasteiger partial charge in [0, 0.05) is 33.9 Å².